The molecule has 1 saturated heterocycles. The second-order valence-corrected chi connectivity index (χ2v) is 8.34. The molecule has 1 heterocycles. The maximum Gasteiger partial charge on any atom is 0.227 e. The van der Waals surface area contributed by atoms with E-state index in [-0.39, 0.29) is 22.7 Å². The van der Waals surface area contributed by atoms with Crippen molar-refractivity contribution >= 4 is 11.8 Å². The van der Waals surface area contributed by atoms with Crippen molar-refractivity contribution in [2.75, 3.05) is 20.1 Å². The summed E-state index contributed by atoms with van der Waals surface area (Å²) in [4.78, 5) is 28.8. The molecular formula is C17H28N2O2. The minimum Gasteiger partial charge on any atom is -0.343 e. The van der Waals surface area contributed by atoms with Gasteiger partial charge in [-0.3, -0.25) is 9.59 Å². The lowest BCUT2D eigenvalue weighted by Gasteiger charge is -2.36. The van der Waals surface area contributed by atoms with Crippen LogP contribution in [-0.4, -0.2) is 47.8 Å². The fourth-order valence-corrected chi connectivity index (χ4v) is 3.77. The zero-order valence-corrected chi connectivity index (χ0v) is 13.8. The van der Waals surface area contributed by atoms with E-state index < -0.39 is 0 Å². The van der Waals surface area contributed by atoms with Gasteiger partial charge in [0.25, 0.3) is 0 Å². The monoisotopic (exact) mass is 292 g/mol. The molecule has 2 aliphatic carbocycles. The minimum atomic E-state index is -0.296. The molecule has 0 N–H and O–H groups in total. The zero-order chi connectivity index (χ0) is 15.4. The summed E-state index contributed by atoms with van der Waals surface area (Å²) >= 11 is 0. The predicted molar refractivity (Wildman–Crippen MR) is 81.6 cm³/mol. The molecule has 1 aliphatic heterocycles. The summed E-state index contributed by atoms with van der Waals surface area (Å²) in [5, 5.41) is 0. The number of rotatable bonds is 2. The largest absolute Gasteiger partial charge is 0.343 e. The molecular weight excluding hydrogens is 264 g/mol. The third kappa shape index (κ3) is 2.69. The first-order valence-corrected chi connectivity index (χ1v) is 8.31. The van der Waals surface area contributed by atoms with Crippen molar-refractivity contribution in [1.29, 1.82) is 0 Å². The Balaban J connectivity index is 1.55. The Morgan fingerprint density at radius 1 is 1.14 bits per heavy atom. The number of likely N-dealkylation sites (tertiary alicyclic amines) is 1. The van der Waals surface area contributed by atoms with Crippen molar-refractivity contribution in [1.82, 2.24) is 9.80 Å². The molecule has 2 amide bonds. The first-order chi connectivity index (χ1) is 9.74. The van der Waals surface area contributed by atoms with Crippen LogP contribution in [0.4, 0.5) is 0 Å². The Bertz CT molecular complexity index is 454. The van der Waals surface area contributed by atoms with Crippen LogP contribution in [0.1, 0.15) is 52.9 Å². The Morgan fingerprint density at radius 2 is 1.71 bits per heavy atom. The van der Waals surface area contributed by atoms with Gasteiger partial charge in [0.1, 0.15) is 0 Å². The number of amides is 2. The van der Waals surface area contributed by atoms with Crippen LogP contribution < -0.4 is 0 Å². The smallest absolute Gasteiger partial charge is 0.227 e. The Morgan fingerprint density at radius 3 is 2.19 bits per heavy atom. The topological polar surface area (TPSA) is 40.6 Å². The van der Waals surface area contributed by atoms with E-state index in [0.717, 1.165) is 32.4 Å². The summed E-state index contributed by atoms with van der Waals surface area (Å²) in [6.07, 6.45) is 5.40. The number of hydrogen-bond donors (Lipinski definition) is 0. The van der Waals surface area contributed by atoms with Crippen LogP contribution in [0.15, 0.2) is 0 Å². The molecule has 0 aromatic heterocycles. The van der Waals surface area contributed by atoms with Gasteiger partial charge in [-0.05, 0) is 37.5 Å². The van der Waals surface area contributed by atoms with E-state index in [1.54, 1.807) is 0 Å². The lowest BCUT2D eigenvalue weighted by molar-refractivity contribution is -0.141. The number of nitrogens with zero attached hydrogens (tertiary/aromatic N) is 2. The molecule has 0 aromatic carbocycles. The maximum atomic E-state index is 12.5. The van der Waals surface area contributed by atoms with Crippen LogP contribution in [0.5, 0.6) is 0 Å². The van der Waals surface area contributed by atoms with Crippen LogP contribution in [0.2, 0.25) is 0 Å². The van der Waals surface area contributed by atoms with Gasteiger partial charge in [-0.15, -0.1) is 0 Å². The average molecular weight is 292 g/mol. The molecule has 1 atom stereocenters. The van der Waals surface area contributed by atoms with Crippen molar-refractivity contribution < 1.29 is 9.59 Å². The van der Waals surface area contributed by atoms with Gasteiger partial charge in [0.15, 0.2) is 0 Å². The van der Waals surface area contributed by atoms with E-state index in [0.29, 0.717) is 11.9 Å². The maximum absolute atomic E-state index is 12.5. The molecule has 1 unspecified atom stereocenters. The van der Waals surface area contributed by atoms with Crippen LogP contribution >= 0.6 is 0 Å². The molecule has 4 nitrogen and oxygen atoms in total. The Labute approximate surface area is 127 Å². The van der Waals surface area contributed by atoms with Crippen molar-refractivity contribution in [3.8, 4) is 0 Å². The predicted octanol–water partition coefficient (Wildman–Crippen LogP) is 2.28. The Kier molecular flexibility index (Phi) is 3.34. The molecule has 3 fully saturated rings. The highest BCUT2D eigenvalue weighted by Gasteiger charge is 2.60. The third-order valence-electron chi connectivity index (χ3n) is 5.62. The normalized spacial score (nSPS) is 27.6. The molecule has 0 aromatic rings. The quantitative estimate of drug-likeness (QED) is 0.783. The number of carbonyl (C=O) groups is 2. The molecule has 3 aliphatic rings. The molecule has 21 heavy (non-hydrogen) atoms. The molecule has 4 heteroatoms. The summed E-state index contributed by atoms with van der Waals surface area (Å²) in [7, 11) is 1.96. The van der Waals surface area contributed by atoms with E-state index in [1.807, 2.05) is 37.6 Å². The Hall–Kier alpha value is -1.06. The molecule has 0 radical (unpaired) electrons. The van der Waals surface area contributed by atoms with Gasteiger partial charge in [0.2, 0.25) is 11.8 Å². The highest BCUT2D eigenvalue weighted by molar-refractivity contribution is 5.84. The standard InChI is InChI=1S/C17H28N2O2/c1-16(2,3)15(21)19-9-7-17(8-10-19)11-13(17)14(20)18(4)12-5-6-12/h12-13H,5-11H2,1-4H3. The second-order valence-electron chi connectivity index (χ2n) is 8.34. The SMILES string of the molecule is CN(C(=O)C1CC12CCN(C(=O)C(C)(C)C)CC2)C1CC1. The van der Waals surface area contributed by atoms with Gasteiger partial charge in [-0.25, -0.2) is 0 Å². The van der Waals surface area contributed by atoms with Gasteiger partial charge in [0.05, 0.1) is 0 Å². The van der Waals surface area contributed by atoms with E-state index >= 15 is 0 Å². The first-order valence-electron chi connectivity index (χ1n) is 8.31. The van der Waals surface area contributed by atoms with Gasteiger partial charge < -0.3 is 9.80 Å². The summed E-state index contributed by atoms with van der Waals surface area (Å²) in [6.45, 7) is 7.59. The molecule has 118 valence electrons. The fraction of sp³-hybridized carbons (Fsp3) is 0.882. The molecule has 1 spiro atoms. The lowest BCUT2D eigenvalue weighted by Crippen LogP contribution is -2.45. The van der Waals surface area contributed by atoms with Crippen molar-refractivity contribution in [3.05, 3.63) is 0 Å². The number of piperidine rings is 1. The molecule has 0 bridgehead atoms. The van der Waals surface area contributed by atoms with E-state index in [2.05, 4.69) is 0 Å². The van der Waals surface area contributed by atoms with Crippen molar-refractivity contribution in [2.24, 2.45) is 16.7 Å². The number of hydrogen-bond acceptors (Lipinski definition) is 2. The van der Waals surface area contributed by atoms with Crippen LogP contribution in [0, 0.1) is 16.7 Å². The second kappa shape index (κ2) is 4.72. The summed E-state index contributed by atoms with van der Waals surface area (Å²) in [6, 6.07) is 0.512. The first kappa shape index (κ1) is 14.9. The highest BCUT2D eigenvalue weighted by Crippen LogP contribution is 2.60. The van der Waals surface area contributed by atoms with Gasteiger partial charge in [-0.2, -0.15) is 0 Å². The van der Waals surface area contributed by atoms with Crippen molar-refractivity contribution in [3.63, 3.8) is 0 Å². The molecule has 2 saturated carbocycles. The molecule has 3 rings (SSSR count). The third-order valence-corrected chi connectivity index (χ3v) is 5.62. The van der Waals surface area contributed by atoms with Crippen LogP contribution in [0.3, 0.4) is 0 Å². The number of carbonyl (C=O) groups excluding carboxylic acids is 2. The summed E-state index contributed by atoms with van der Waals surface area (Å²) in [5.41, 5.74) is -0.0790. The minimum absolute atomic E-state index is 0.217. The average Bonchev–Trinajstić information content (AvgIpc) is 3.31. The van der Waals surface area contributed by atoms with E-state index in [9.17, 15) is 9.59 Å². The van der Waals surface area contributed by atoms with E-state index in [1.165, 1.54) is 12.8 Å². The fourth-order valence-electron chi connectivity index (χ4n) is 3.77. The van der Waals surface area contributed by atoms with Crippen LogP contribution in [0.25, 0.3) is 0 Å². The van der Waals surface area contributed by atoms with Gasteiger partial charge in [0, 0.05) is 37.5 Å². The summed E-state index contributed by atoms with van der Waals surface area (Å²) < 4.78 is 0. The van der Waals surface area contributed by atoms with Crippen molar-refractivity contribution in [2.45, 2.75) is 58.9 Å². The van der Waals surface area contributed by atoms with E-state index in [4.69, 9.17) is 0 Å². The van der Waals surface area contributed by atoms with Gasteiger partial charge in [-0.1, -0.05) is 20.8 Å². The van der Waals surface area contributed by atoms with Gasteiger partial charge >= 0.3 is 0 Å². The summed E-state index contributed by atoms with van der Waals surface area (Å²) in [5.74, 6) is 0.832. The lowest BCUT2D eigenvalue weighted by atomic mass is 9.88. The zero-order valence-electron chi connectivity index (χ0n) is 13.8. The highest BCUT2D eigenvalue weighted by atomic mass is 16.2. The van der Waals surface area contributed by atoms with Crippen LogP contribution in [-0.2, 0) is 9.59 Å².